The van der Waals surface area contributed by atoms with Crippen molar-refractivity contribution in [3.05, 3.63) is 59.7 Å². The van der Waals surface area contributed by atoms with E-state index in [-0.39, 0.29) is 6.61 Å². The first-order valence-electron chi connectivity index (χ1n) is 6.93. The van der Waals surface area contributed by atoms with Crippen molar-refractivity contribution in [1.82, 2.24) is 0 Å². The molecule has 1 unspecified atom stereocenters. The molecule has 0 saturated carbocycles. The van der Waals surface area contributed by atoms with Crippen LogP contribution in [0.25, 0.3) is 0 Å². The van der Waals surface area contributed by atoms with Crippen molar-refractivity contribution < 1.29 is 14.6 Å². The van der Waals surface area contributed by atoms with Gasteiger partial charge < -0.3 is 20.3 Å². The Morgan fingerprint density at radius 1 is 1.05 bits per heavy atom. The molecule has 2 aromatic rings. The van der Waals surface area contributed by atoms with E-state index in [1.165, 1.54) is 5.56 Å². The second-order valence-corrected chi connectivity index (χ2v) is 4.88. The Bertz CT molecular complexity index is 537. The second-order valence-electron chi connectivity index (χ2n) is 4.88. The third-order valence-electron chi connectivity index (χ3n) is 3.25. The highest BCUT2D eigenvalue weighted by Gasteiger charge is 2.08. The van der Waals surface area contributed by atoms with Crippen molar-refractivity contribution in [3.8, 4) is 5.75 Å². The van der Waals surface area contributed by atoms with Gasteiger partial charge in [-0.3, -0.25) is 0 Å². The molecule has 0 fully saturated rings. The number of aliphatic hydroxyl groups is 1. The maximum atomic E-state index is 10.1. The van der Waals surface area contributed by atoms with E-state index >= 15 is 0 Å². The summed E-state index contributed by atoms with van der Waals surface area (Å²) in [7, 11) is 1.69. The summed E-state index contributed by atoms with van der Waals surface area (Å²) in [5, 5.41) is 10.1. The number of anilines is 1. The summed E-state index contributed by atoms with van der Waals surface area (Å²) in [6.45, 7) is 0.914. The van der Waals surface area contributed by atoms with Gasteiger partial charge in [0.15, 0.2) is 0 Å². The first kappa shape index (κ1) is 15.4. The number of nitrogens with two attached hydrogens (primary N) is 1. The van der Waals surface area contributed by atoms with Crippen LogP contribution in [0.4, 0.5) is 5.69 Å². The average molecular weight is 287 g/mol. The quantitative estimate of drug-likeness (QED) is 0.768. The molecule has 2 aromatic carbocycles. The van der Waals surface area contributed by atoms with Crippen LogP contribution < -0.4 is 10.5 Å². The van der Waals surface area contributed by atoms with Gasteiger partial charge >= 0.3 is 0 Å². The fraction of sp³-hybridized carbons (Fsp3) is 0.294. The molecule has 0 amide bonds. The van der Waals surface area contributed by atoms with Crippen LogP contribution in [0, 0.1) is 0 Å². The molecule has 0 heterocycles. The minimum Gasteiger partial charge on any atom is -0.491 e. The summed E-state index contributed by atoms with van der Waals surface area (Å²) in [5.74, 6) is 0.741. The number of aliphatic hydroxyl groups excluding tert-OH is 1. The molecule has 4 nitrogen and oxygen atoms in total. The van der Waals surface area contributed by atoms with E-state index in [0.717, 1.165) is 17.7 Å². The van der Waals surface area contributed by atoms with Crippen molar-refractivity contribution in [2.45, 2.75) is 12.5 Å². The van der Waals surface area contributed by atoms with Gasteiger partial charge in [0.05, 0.1) is 6.61 Å². The Morgan fingerprint density at radius 2 is 1.71 bits per heavy atom. The first-order chi connectivity index (χ1) is 10.2. The molecular formula is C17H21NO3. The lowest BCUT2D eigenvalue weighted by molar-refractivity contribution is 0.108. The minimum atomic E-state index is -0.668. The number of rotatable bonds is 7. The molecule has 0 spiro atoms. The molecule has 2 rings (SSSR count). The van der Waals surface area contributed by atoms with E-state index in [0.29, 0.717) is 12.3 Å². The number of hydrogen-bond acceptors (Lipinski definition) is 4. The van der Waals surface area contributed by atoms with Crippen LogP contribution in [0.3, 0.4) is 0 Å². The van der Waals surface area contributed by atoms with Crippen LogP contribution in [0.5, 0.6) is 5.75 Å². The topological polar surface area (TPSA) is 64.7 Å². The number of nitrogen functional groups attached to an aromatic ring is 1. The smallest absolute Gasteiger partial charge is 0.119 e. The van der Waals surface area contributed by atoms with E-state index < -0.39 is 6.10 Å². The van der Waals surface area contributed by atoms with Gasteiger partial charge in [0.2, 0.25) is 0 Å². The Kier molecular flexibility index (Phi) is 5.60. The average Bonchev–Trinajstić information content (AvgIpc) is 2.52. The van der Waals surface area contributed by atoms with Gasteiger partial charge in [0.1, 0.15) is 18.5 Å². The Labute approximate surface area is 125 Å². The highest BCUT2D eigenvalue weighted by atomic mass is 16.5. The van der Waals surface area contributed by atoms with Gasteiger partial charge in [-0.25, -0.2) is 0 Å². The van der Waals surface area contributed by atoms with Gasteiger partial charge in [0, 0.05) is 12.8 Å². The summed E-state index contributed by atoms with van der Waals surface area (Å²) in [6, 6.07) is 15.0. The lowest BCUT2D eigenvalue weighted by Crippen LogP contribution is -2.09. The zero-order chi connectivity index (χ0) is 15.1. The van der Waals surface area contributed by atoms with Crippen LogP contribution in [0.2, 0.25) is 0 Å². The molecule has 112 valence electrons. The molecule has 0 aromatic heterocycles. The van der Waals surface area contributed by atoms with Crippen molar-refractivity contribution in [3.63, 3.8) is 0 Å². The van der Waals surface area contributed by atoms with Crippen molar-refractivity contribution in [2.75, 3.05) is 26.1 Å². The molecule has 3 N–H and O–H groups in total. The number of methoxy groups -OCH3 is 1. The maximum absolute atomic E-state index is 10.1. The van der Waals surface area contributed by atoms with E-state index in [1.54, 1.807) is 31.4 Å². The Balaban J connectivity index is 1.86. The molecule has 0 radical (unpaired) electrons. The SMILES string of the molecule is COCCc1ccc(OCC(O)c2ccc(N)cc2)cc1. The molecule has 0 bridgehead atoms. The summed E-state index contributed by atoms with van der Waals surface area (Å²) < 4.78 is 10.6. The third kappa shape index (κ3) is 4.77. The zero-order valence-electron chi connectivity index (χ0n) is 12.2. The number of hydrogen-bond donors (Lipinski definition) is 2. The maximum Gasteiger partial charge on any atom is 0.119 e. The summed E-state index contributed by atoms with van der Waals surface area (Å²) in [4.78, 5) is 0. The van der Waals surface area contributed by atoms with Crippen molar-refractivity contribution in [1.29, 1.82) is 0 Å². The highest BCUT2D eigenvalue weighted by Crippen LogP contribution is 2.18. The lowest BCUT2D eigenvalue weighted by Gasteiger charge is -2.13. The van der Waals surface area contributed by atoms with Crippen molar-refractivity contribution in [2.24, 2.45) is 0 Å². The molecule has 0 saturated heterocycles. The van der Waals surface area contributed by atoms with E-state index in [4.69, 9.17) is 15.2 Å². The van der Waals surface area contributed by atoms with Crippen molar-refractivity contribution >= 4 is 5.69 Å². The molecular weight excluding hydrogens is 266 g/mol. The van der Waals surface area contributed by atoms with Crippen LogP contribution in [-0.4, -0.2) is 25.4 Å². The molecule has 21 heavy (non-hydrogen) atoms. The monoisotopic (exact) mass is 287 g/mol. The molecule has 0 aliphatic carbocycles. The highest BCUT2D eigenvalue weighted by molar-refractivity contribution is 5.39. The predicted octanol–water partition coefficient (Wildman–Crippen LogP) is 2.57. The minimum absolute atomic E-state index is 0.210. The van der Waals surface area contributed by atoms with Crippen LogP contribution in [-0.2, 0) is 11.2 Å². The van der Waals surface area contributed by atoms with E-state index in [2.05, 4.69) is 0 Å². The Morgan fingerprint density at radius 3 is 2.33 bits per heavy atom. The van der Waals surface area contributed by atoms with Gasteiger partial charge in [-0.15, -0.1) is 0 Å². The Hall–Kier alpha value is -2.04. The molecule has 0 aliphatic rings. The summed E-state index contributed by atoms with van der Waals surface area (Å²) >= 11 is 0. The second kappa shape index (κ2) is 7.67. The number of benzene rings is 2. The molecule has 1 atom stereocenters. The lowest BCUT2D eigenvalue weighted by atomic mass is 10.1. The van der Waals surface area contributed by atoms with E-state index in [9.17, 15) is 5.11 Å². The summed E-state index contributed by atoms with van der Waals surface area (Å²) in [6.07, 6.45) is 0.212. The normalized spacial score (nSPS) is 12.1. The van der Waals surface area contributed by atoms with Gasteiger partial charge in [-0.2, -0.15) is 0 Å². The van der Waals surface area contributed by atoms with Crippen LogP contribution in [0.1, 0.15) is 17.2 Å². The van der Waals surface area contributed by atoms with Gasteiger partial charge in [-0.05, 0) is 41.8 Å². The van der Waals surface area contributed by atoms with Gasteiger partial charge in [0.25, 0.3) is 0 Å². The van der Waals surface area contributed by atoms with E-state index in [1.807, 2.05) is 24.3 Å². The third-order valence-corrected chi connectivity index (χ3v) is 3.25. The zero-order valence-corrected chi connectivity index (χ0v) is 12.2. The summed E-state index contributed by atoms with van der Waals surface area (Å²) in [5.41, 5.74) is 8.29. The number of ether oxygens (including phenoxy) is 2. The largest absolute Gasteiger partial charge is 0.491 e. The fourth-order valence-electron chi connectivity index (χ4n) is 1.96. The first-order valence-corrected chi connectivity index (χ1v) is 6.93. The fourth-order valence-corrected chi connectivity index (χ4v) is 1.96. The molecule has 0 aliphatic heterocycles. The predicted molar refractivity (Wildman–Crippen MR) is 83.3 cm³/mol. The molecule has 4 heteroatoms. The van der Waals surface area contributed by atoms with Crippen LogP contribution >= 0.6 is 0 Å². The van der Waals surface area contributed by atoms with Gasteiger partial charge in [-0.1, -0.05) is 24.3 Å². The van der Waals surface area contributed by atoms with Crippen LogP contribution in [0.15, 0.2) is 48.5 Å². The standard InChI is InChI=1S/C17H21NO3/c1-20-11-10-13-2-8-16(9-3-13)21-12-17(19)14-4-6-15(18)7-5-14/h2-9,17,19H,10-12,18H2,1H3.